The van der Waals surface area contributed by atoms with Crippen molar-refractivity contribution in [2.75, 3.05) is 6.61 Å². The van der Waals surface area contributed by atoms with Crippen LogP contribution in [0.15, 0.2) is 24.3 Å². The van der Waals surface area contributed by atoms with Gasteiger partial charge in [0.25, 0.3) is 0 Å². The second-order valence-corrected chi connectivity index (χ2v) is 4.42. The van der Waals surface area contributed by atoms with E-state index in [0.717, 1.165) is 12.8 Å². The zero-order valence-electron chi connectivity index (χ0n) is 9.35. The summed E-state index contributed by atoms with van der Waals surface area (Å²) < 4.78 is 5.55. The summed E-state index contributed by atoms with van der Waals surface area (Å²) in [4.78, 5) is 11.0. The third kappa shape index (κ3) is 2.56. The molecule has 0 atom stereocenters. The molecular weight excluding hydrogens is 218 g/mol. The van der Waals surface area contributed by atoms with Crippen molar-refractivity contribution in [2.24, 2.45) is 5.41 Å². The van der Waals surface area contributed by atoms with Crippen molar-refractivity contribution in [3.05, 3.63) is 29.8 Å². The topological polar surface area (TPSA) is 70.3 Å². The lowest BCUT2D eigenvalue weighted by atomic mass is 10.1. The first-order valence-corrected chi connectivity index (χ1v) is 5.49. The van der Waals surface area contributed by atoms with E-state index in [0.29, 0.717) is 18.8 Å². The Morgan fingerprint density at radius 1 is 1.47 bits per heavy atom. The highest BCUT2D eigenvalue weighted by Crippen LogP contribution is 2.48. The van der Waals surface area contributed by atoms with Crippen LogP contribution in [0.25, 0.3) is 0 Å². The zero-order chi connectivity index (χ0) is 12.3. The lowest BCUT2D eigenvalue weighted by Gasteiger charge is -2.14. The summed E-state index contributed by atoms with van der Waals surface area (Å²) in [6, 6.07) is 8.71. The number of nitriles is 1. The largest absolute Gasteiger partial charge is 0.492 e. The number of para-hydroxylation sites is 1. The Hall–Kier alpha value is -2.02. The SMILES string of the molecule is N#CCC1(COc2ccccc2C(=O)O)CC1. The predicted octanol–water partition coefficient (Wildman–Crippen LogP) is 2.46. The van der Waals surface area contributed by atoms with E-state index in [1.807, 2.05) is 0 Å². The van der Waals surface area contributed by atoms with Crippen molar-refractivity contribution in [3.63, 3.8) is 0 Å². The van der Waals surface area contributed by atoms with Gasteiger partial charge in [0.2, 0.25) is 0 Å². The Balaban J connectivity index is 2.05. The molecule has 0 saturated heterocycles. The fourth-order valence-corrected chi connectivity index (χ4v) is 1.72. The molecule has 0 heterocycles. The van der Waals surface area contributed by atoms with Gasteiger partial charge in [-0.15, -0.1) is 0 Å². The van der Waals surface area contributed by atoms with Gasteiger partial charge in [0, 0.05) is 11.8 Å². The molecule has 4 heteroatoms. The smallest absolute Gasteiger partial charge is 0.339 e. The fourth-order valence-electron chi connectivity index (χ4n) is 1.72. The molecule has 1 saturated carbocycles. The summed E-state index contributed by atoms with van der Waals surface area (Å²) in [5.41, 5.74) is 0.126. The first kappa shape index (κ1) is 11.5. The lowest BCUT2D eigenvalue weighted by molar-refractivity contribution is 0.0691. The molecule has 0 spiro atoms. The first-order valence-electron chi connectivity index (χ1n) is 5.49. The molecule has 1 fully saturated rings. The van der Waals surface area contributed by atoms with Gasteiger partial charge in [0.1, 0.15) is 11.3 Å². The van der Waals surface area contributed by atoms with Crippen LogP contribution >= 0.6 is 0 Å². The van der Waals surface area contributed by atoms with E-state index in [1.165, 1.54) is 6.07 Å². The van der Waals surface area contributed by atoms with Crippen molar-refractivity contribution in [3.8, 4) is 11.8 Å². The van der Waals surface area contributed by atoms with Crippen LogP contribution in [0.2, 0.25) is 0 Å². The molecule has 88 valence electrons. The van der Waals surface area contributed by atoms with E-state index >= 15 is 0 Å². The van der Waals surface area contributed by atoms with Crippen molar-refractivity contribution in [1.29, 1.82) is 5.26 Å². The van der Waals surface area contributed by atoms with Gasteiger partial charge >= 0.3 is 5.97 Å². The van der Waals surface area contributed by atoms with E-state index < -0.39 is 5.97 Å². The zero-order valence-corrected chi connectivity index (χ0v) is 9.35. The van der Waals surface area contributed by atoms with Crippen molar-refractivity contribution >= 4 is 5.97 Å². The summed E-state index contributed by atoms with van der Waals surface area (Å²) >= 11 is 0. The minimum Gasteiger partial charge on any atom is -0.492 e. The van der Waals surface area contributed by atoms with Crippen molar-refractivity contribution in [1.82, 2.24) is 0 Å². The maximum absolute atomic E-state index is 11.0. The maximum atomic E-state index is 11.0. The Bertz CT molecular complexity index is 472. The van der Waals surface area contributed by atoms with Crippen molar-refractivity contribution in [2.45, 2.75) is 19.3 Å². The van der Waals surface area contributed by atoms with Crippen LogP contribution in [0.3, 0.4) is 0 Å². The molecule has 1 aliphatic rings. The van der Waals surface area contributed by atoms with Crippen LogP contribution in [0.4, 0.5) is 0 Å². The highest BCUT2D eigenvalue weighted by atomic mass is 16.5. The van der Waals surface area contributed by atoms with E-state index in [9.17, 15) is 4.79 Å². The van der Waals surface area contributed by atoms with E-state index in [1.54, 1.807) is 18.2 Å². The molecule has 17 heavy (non-hydrogen) atoms. The average Bonchev–Trinajstić information content (AvgIpc) is 3.08. The van der Waals surface area contributed by atoms with E-state index in [-0.39, 0.29) is 11.0 Å². The Morgan fingerprint density at radius 3 is 2.76 bits per heavy atom. The number of rotatable bonds is 5. The van der Waals surface area contributed by atoms with Crippen LogP contribution in [-0.2, 0) is 0 Å². The predicted molar refractivity (Wildman–Crippen MR) is 60.8 cm³/mol. The standard InChI is InChI=1S/C13H13NO3/c14-8-7-13(5-6-13)9-17-11-4-2-1-3-10(11)12(15)16/h1-4H,5-7,9H2,(H,15,16). The molecule has 1 aromatic carbocycles. The number of aromatic carboxylic acids is 1. The normalized spacial score (nSPS) is 15.9. The number of carboxylic acid groups (broad SMARTS) is 1. The second-order valence-electron chi connectivity index (χ2n) is 4.42. The number of carbonyl (C=O) groups is 1. The van der Waals surface area contributed by atoms with Gasteiger partial charge in [0.15, 0.2) is 0 Å². The highest BCUT2D eigenvalue weighted by Gasteiger charge is 2.43. The molecule has 0 bridgehead atoms. The number of ether oxygens (including phenoxy) is 1. The van der Waals surface area contributed by atoms with E-state index in [2.05, 4.69) is 6.07 Å². The van der Waals surface area contributed by atoms with Crippen molar-refractivity contribution < 1.29 is 14.6 Å². The third-order valence-corrected chi connectivity index (χ3v) is 3.06. The van der Waals surface area contributed by atoms with Crippen LogP contribution < -0.4 is 4.74 Å². The minimum atomic E-state index is -0.995. The van der Waals surface area contributed by atoms with Crippen LogP contribution in [0.1, 0.15) is 29.6 Å². The molecule has 1 N–H and O–H groups in total. The fraction of sp³-hybridized carbons (Fsp3) is 0.385. The summed E-state index contributed by atoms with van der Waals surface area (Å²) in [5.74, 6) is -0.616. The third-order valence-electron chi connectivity index (χ3n) is 3.06. The Kier molecular flexibility index (Phi) is 3.01. The van der Waals surface area contributed by atoms with Gasteiger partial charge in [-0.2, -0.15) is 5.26 Å². The summed E-state index contributed by atoms with van der Waals surface area (Å²) in [6.45, 7) is 0.421. The molecule has 1 aromatic rings. The molecule has 0 aromatic heterocycles. The Labute approximate surface area is 99.4 Å². The number of carboxylic acids is 1. The quantitative estimate of drug-likeness (QED) is 0.845. The monoisotopic (exact) mass is 231 g/mol. The molecule has 1 aliphatic carbocycles. The van der Waals surface area contributed by atoms with Crippen LogP contribution in [-0.4, -0.2) is 17.7 Å². The van der Waals surface area contributed by atoms with Gasteiger partial charge < -0.3 is 9.84 Å². The first-order chi connectivity index (χ1) is 8.17. The molecule has 2 rings (SSSR count). The second kappa shape index (κ2) is 4.46. The number of benzene rings is 1. The molecule has 0 amide bonds. The van der Waals surface area contributed by atoms with E-state index in [4.69, 9.17) is 15.1 Å². The van der Waals surface area contributed by atoms with Gasteiger partial charge in [-0.1, -0.05) is 12.1 Å². The maximum Gasteiger partial charge on any atom is 0.339 e. The lowest BCUT2D eigenvalue weighted by Crippen LogP contribution is -2.14. The van der Waals surface area contributed by atoms with Gasteiger partial charge in [-0.05, 0) is 25.0 Å². The molecule has 0 aliphatic heterocycles. The summed E-state index contributed by atoms with van der Waals surface area (Å²) in [6.07, 6.45) is 2.44. The minimum absolute atomic E-state index is 0.0413. The molecule has 0 radical (unpaired) electrons. The number of hydrogen-bond acceptors (Lipinski definition) is 3. The highest BCUT2D eigenvalue weighted by molar-refractivity contribution is 5.90. The molecular formula is C13H13NO3. The molecule has 0 unspecified atom stereocenters. The van der Waals surface area contributed by atoms with Gasteiger partial charge in [0.05, 0.1) is 12.7 Å². The average molecular weight is 231 g/mol. The van der Waals surface area contributed by atoms with Crippen LogP contribution in [0, 0.1) is 16.7 Å². The van der Waals surface area contributed by atoms with Gasteiger partial charge in [-0.25, -0.2) is 4.79 Å². The number of nitrogens with zero attached hydrogens (tertiary/aromatic N) is 1. The molecule has 4 nitrogen and oxygen atoms in total. The van der Waals surface area contributed by atoms with Crippen LogP contribution in [0.5, 0.6) is 5.75 Å². The van der Waals surface area contributed by atoms with Gasteiger partial charge in [-0.3, -0.25) is 0 Å². The Morgan fingerprint density at radius 2 is 2.18 bits per heavy atom. The summed E-state index contributed by atoms with van der Waals surface area (Å²) in [7, 11) is 0. The summed E-state index contributed by atoms with van der Waals surface area (Å²) in [5, 5.41) is 17.7. The number of hydrogen-bond donors (Lipinski definition) is 1.